The van der Waals surface area contributed by atoms with Crippen molar-refractivity contribution >= 4 is 40.1 Å². The van der Waals surface area contributed by atoms with E-state index in [9.17, 15) is 0 Å². The van der Waals surface area contributed by atoms with Crippen LogP contribution >= 0.6 is 0 Å². The zero-order valence-electron chi connectivity index (χ0n) is 27.3. The third-order valence-corrected chi connectivity index (χ3v) is 9.31. The van der Waals surface area contributed by atoms with Crippen molar-refractivity contribution < 1.29 is 0 Å². The normalized spacial score (nSPS) is 16.5. The minimum absolute atomic E-state index is 0.131. The van der Waals surface area contributed by atoms with Gasteiger partial charge in [-0.15, -0.1) is 0 Å². The minimum Gasteiger partial charge on any atom is -0.301 e. The predicted octanol–water partition coefficient (Wildman–Crippen LogP) is 8.09. The first-order valence-corrected chi connectivity index (χ1v) is 16.9. The minimum atomic E-state index is -0.198. The molecule has 2 aliphatic heterocycles. The van der Waals surface area contributed by atoms with Crippen molar-refractivity contribution in [3.05, 3.63) is 164 Å². The first-order valence-electron chi connectivity index (χ1n) is 16.9. The Morgan fingerprint density at radius 3 is 1.57 bits per heavy atom. The SMILES string of the molecule is C1=CC2N=C(c3cc(-c4nc5cccnc5n4-c4ccccc4)cc(-c4nc5cccnc5n4-c4ccccc4)c3)N(c3ccccc3)C2N=C1. The van der Waals surface area contributed by atoms with E-state index in [1.54, 1.807) is 0 Å². The lowest BCUT2D eigenvalue weighted by atomic mass is 10.0. The molecule has 2 unspecified atom stereocenters. The second kappa shape index (κ2) is 11.9. The zero-order chi connectivity index (χ0) is 33.7. The third kappa shape index (κ3) is 4.86. The van der Waals surface area contributed by atoms with Crippen LogP contribution in [0.25, 0.3) is 56.5 Å². The molecular weight excluding hydrogens is 631 g/mol. The first-order chi connectivity index (χ1) is 25.3. The number of hydrogen-bond acceptors (Lipinski definition) is 7. The van der Waals surface area contributed by atoms with Gasteiger partial charge < -0.3 is 4.90 Å². The summed E-state index contributed by atoms with van der Waals surface area (Å²) in [6.45, 7) is 0. The number of fused-ring (bicyclic) bond motifs is 3. The standard InChI is InChI=1S/C42H29N9/c1-4-13-31(14-5-1)49-37(46-34-19-10-22-43-40(34)49)28-25-29(38-47-35-20-11-23-44-41(35)50(38)32-15-6-2-7-16-32)27-30(26-28)39-48-36-21-12-24-45-42(36)51(39)33-17-8-3-9-18-33/h1-27,34,40H. The van der Waals surface area contributed by atoms with E-state index in [0.717, 1.165) is 73.6 Å². The summed E-state index contributed by atoms with van der Waals surface area (Å²) in [6.07, 6.45) is 9.38. The average molecular weight is 660 g/mol. The molecule has 4 aromatic carbocycles. The van der Waals surface area contributed by atoms with Crippen molar-refractivity contribution in [1.82, 2.24) is 29.1 Å². The van der Waals surface area contributed by atoms with Gasteiger partial charge in [-0.2, -0.15) is 0 Å². The van der Waals surface area contributed by atoms with Gasteiger partial charge in [-0.1, -0.05) is 60.7 Å². The van der Waals surface area contributed by atoms with Gasteiger partial charge in [-0.05, 0) is 84.9 Å². The molecule has 0 fully saturated rings. The highest BCUT2D eigenvalue weighted by atomic mass is 15.4. The van der Waals surface area contributed by atoms with E-state index >= 15 is 0 Å². The lowest BCUT2D eigenvalue weighted by Crippen LogP contribution is -2.39. The molecule has 8 aromatic rings. The number of hydrogen-bond donors (Lipinski definition) is 0. The molecule has 2 atom stereocenters. The summed E-state index contributed by atoms with van der Waals surface area (Å²) in [5.41, 5.74) is 8.83. The van der Waals surface area contributed by atoms with Crippen molar-refractivity contribution in [3.8, 4) is 34.2 Å². The molecule has 242 valence electrons. The summed E-state index contributed by atoms with van der Waals surface area (Å²) in [6, 6.07) is 45.1. The smallest absolute Gasteiger partial charge is 0.164 e. The molecule has 0 N–H and O–H groups in total. The Morgan fingerprint density at radius 2 is 1.02 bits per heavy atom. The van der Waals surface area contributed by atoms with Crippen molar-refractivity contribution in [2.45, 2.75) is 12.2 Å². The molecule has 0 amide bonds. The van der Waals surface area contributed by atoms with Gasteiger partial charge in [-0.25, -0.2) is 19.9 Å². The first kappa shape index (κ1) is 29.0. The maximum Gasteiger partial charge on any atom is 0.164 e. The average Bonchev–Trinajstić information content (AvgIpc) is 3.91. The summed E-state index contributed by atoms with van der Waals surface area (Å²) in [5.74, 6) is 2.35. The van der Waals surface area contributed by atoms with E-state index in [0.29, 0.717) is 0 Å². The Kier molecular flexibility index (Phi) is 6.73. The lowest BCUT2D eigenvalue weighted by molar-refractivity contribution is 0.659. The maximum atomic E-state index is 5.32. The summed E-state index contributed by atoms with van der Waals surface area (Å²) < 4.78 is 4.25. The molecule has 0 spiro atoms. The number of anilines is 1. The Hall–Kier alpha value is -7.00. The molecule has 10 rings (SSSR count). The van der Waals surface area contributed by atoms with Gasteiger partial charge in [0.15, 0.2) is 17.5 Å². The molecule has 51 heavy (non-hydrogen) atoms. The lowest BCUT2D eigenvalue weighted by Gasteiger charge is -2.28. The highest BCUT2D eigenvalue weighted by Crippen LogP contribution is 2.37. The van der Waals surface area contributed by atoms with Gasteiger partial charge in [0.2, 0.25) is 0 Å². The van der Waals surface area contributed by atoms with Crippen molar-refractivity contribution in [2.75, 3.05) is 4.90 Å². The zero-order valence-corrected chi connectivity index (χ0v) is 27.3. The number of amidine groups is 1. The van der Waals surface area contributed by atoms with Crippen molar-refractivity contribution in [1.29, 1.82) is 0 Å². The Labute approximate surface area is 293 Å². The van der Waals surface area contributed by atoms with E-state index in [4.69, 9.17) is 29.9 Å². The van der Waals surface area contributed by atoms with Gasteiger partial charge >= 0.3 is 0 Å². The number of allylic oxidation sites excluding steroid dienone is 1. The number of pyridine rings is 2. The summed E-state index contributed by atoms with van der Waals surface area (Å²) >= 11 is 0. The van der Waals surface area contributed by atoms with E-state index in [-0.39, 0.29) is 12.2 Å². The van der Waals surface area contributed by atoms with E-state index in [2.05, 4.69) is 86.8 Å². The molecule has 0 aliphatic carbocycles. The molecule has 2 aliphatic rings. The number of para-hydroxylation sites is 3. The van der Waals surface area contributed by atoms with Crippen LogP contribution in [-0.2, 0) is 0 Å². The van der Waals surface area contributed by atoms with Gasteiger partial charge in [0, 0.05) is 52.4 Å². The van der Waals surface area contributed by atoms with Crippen LogP contribution in [0, 0.1) is 0 Å². The molecule has 4 aromatic heterocycles. The quantitative estimate of drug-likeness (QED) is 0.180. The summed E-state index contributed by atoms with van der Waals surface area (Å²) in [5, 5.41) is 0. The number of aromatic nitrogens is 6. The van der Waals surface area contributed by atoms with E-state index < -0.39 is 0 Å². The number of dihydropyridines is 1. The summed E-state index contributed by atoms with van der Waals surface area (Å²) in [4.78, 5) is 32.4. The maximum absolute atomic E-state index is 5.32. The van der Waals surface area contributed by atoms with E-state index in [1.165, 1.54) is 0 Å². The third-order valence-electron chi connectivity index (χ3n) is 9.31. The topological polar surface area (TPSA) is 89.4 Å². The molecule has 6 heterocycles. The van der Waals surface area contributed by atoms with Crippen LogP contribution in [0.1, 0.15) is 5.56 Å². The van der Waals surface area contributed by atoms with Crippen LogP contribution in [0.4, 0.5) is 5.69 Å². The fourth-order valence-corrected chi connectivity index (χ4v) is 7.09. The number of rotatable bonds is 6. The Balaban J connectivity index is 1.27. The van der Waals surface area contributed by atoms with Gasteiger partial charge in [-0.3, -0.25) is 19.1 Å². The molecule has 9 heteroatoms. The highest BCUT2D eigenvalue weighted by molar-refractivity contribution is 6.13. The molecule has 0 radical (unpaired) electrons. The van der Waals surface area contributed by atoms with Gasteiger partial charge in [0.05, 0.1) is 0 Å². The Bertz CT molecular complexity index is 2520. The Morgan fingerprint density at radius 1 is 0.510 bits per heavy atom. The molecule has 0 bridgehead atoms. The number of benzene rings is 4. The van der Waals surface area contributed by atoms with Crippen LogP contribution in [0.15, 0.2) is 168 Å². The summed E-state index contributed by atoms with van der Waals surface area (Å²) in [7, 11) is 0. The van der Waals surface area contributed by atoms with Crippen LogP contribution in [0.3, 0.4) is 0 Å². The molecular formula is C42H29N9. The monoisotopic (exact) mass is 659 g/mol. The number of aliphatic imine (C=N–C) groups is 2. The van der Waals surface area contributed by atoms with Gasteiger partial charge in [0.1, 0.15) is 34.6 Å². The van der Waals surface area contributed by atoms with Gasteiger partial charge in [0.25, 0.3) is 0 Å². The largest absolute Gasteiger partial charge is 0.301 e. The second-order valence-corrected chi connectivity index (χ2v) is 12.4. The van der Waals surface area contributed by atoms with Crippen LogP contribution < -0.4 is 4.90 Å². The fraction of sp³-hybridized carbons (Fsp3) is 0.0476. The number of nitrogens with zero attached hydrogens (tertiary/aromatic N) is 9. The molecule has 0 saturated heterocycles. The molecule has 0 saturated carbocycles. The number of imidazole rings is 2. The van der Waals surface area contributed by atoms with E-state index in [1.807, 2.05) is 91.4 Å². The highest BCUT2D eigenvalue weighted by Gasteiger charge is 2.37. The predicted molar refractivity (Wildman–Crippen MR) is 203 cm³/mol. The van der Waals surface area contributed by atoms with Crippen LogP contribution in [-0.4, -0.2) is 53.3 Å². The van der Waals surface area contributed by atoms with Crippen LogP contribution in [0.2, 0.25) is 0 Å². The van der Waals surface area contributed by atoms with Crippen molar-refractivity contribution in [2.24, 2.45) is 9.98 Å². The van der Waals surface area contributed by atoms with Crippen LogP contribution in [0.5, 0.6) is 0 Å². The van der Waals surface area contributed by atoms with Crippen molar-refractivity contribution in [3.63, 3.8) is 0 Å². The molecule has 9 nitrogen and oxygen atoms in total. The second-order valence-electron chi connectivity index (χ2n) is 12.4. The fourth-order valence-electron chi connectivity index (χ4n) is 7.09.